The van der Waals surface area contributed by atoms with E-state index in [4.69, 9.17) is 11.6 Å². The Labute approximate surface area is 154 Å². The first kappa shape index (κ1) is 16.2. The van der Waals surface area contributed by atoms with Crippen molar-refractivity contribution in [3.8, 4) is 5.69 Å². The van der Waals surface area contributed by atoms with Gasteiger partial charge in [-0.05, 0) is 31.2 Å². The Kier molecular flexibility index (Phi) is 4.05. The van der Waals surface area contributed by atoms with Crippen molar-refractivity contribution in [2.45, 2.75) is 12.2 Å². The molecule has 25 heavy (non-hydrogen) atoms. The van der Waals surface area contributed by atoms with Crippen molar-refractivity contribution in [3.05, 3.63) is 58.8 Å². The summed E-state index contributed by atoms with van der Waals surface area (Å²) in [5.74, 6) is 0.922. The van der Waals surface area contributed by atoms with Crippen molar-refractivity contribution in [2.75, 3.05) is 11.1 Å². The molecule has 0 radical (unpaired) electrons. The van der Waals surface area contributed by atoms with E-state index < -0.39 is 0 Å². The van der Waals surface area contributed by atoms with Gasteiger partial charge in [-0.2, -0.15) is 5.10 Å². The van der Waals surface area contributed by atoms with E-state index in [1.54, 1.807) is 18.1 Å². The van der Waals surface area contributed by atoms with E-state index in [0.717, 1.165) is 22.6 Å². The van der Waals surface area contributed by atoms with E-state index >= 15 is 0 Å². The van der Waals surface area contributed by atoms with Crippen LogP contribution in [-0.4, -0.2) is 31.0 Å². The average Bonchev–Trinajstić information content (AvgIpc) is 3.10. The van der Waals surface area contributed by atoms with Gasteiger partial charge in [0.2, 0.25) is 5.91 Å². The summed E-state index contributed by atoms with van der Waals surface area (Å²) in [7, 11) is 1.92. The molecule has 0 bridgehead atoms. The number of nitrogens with zero attached hydrogens (tertiary/aromatic N) is 4. The van der Waals surface area contributed by atoms with Gasteiger partial charge < -0.3 is 5.32 Å². The molecule has 1 N–H and O–H groups in total. The Morgan fingerprint density at radius 2 is 2.08 bits per heavy atom. The summed E-state index contributed by atoms with van der Waals surface area (Å²) >= 11 is 7.59. The van der Waals surface area contributed by atoms with Crippen molar-refractivity contribution >= 4 is 35.1 Å². The molecule has 0 aliphatic carbocycles. The number of thioether (sulfide) groups is 1. The SMILES string of the molecule is Cc1c([C@@H]2SCC(=O)Nc3ncn(-c4ccc(Cl)cc4)c32)cnn1C. The molecule has 128 valence electrons. The van der Waals surface area contributed by atoms with Crippen LogP contribution in [0.15, 0.2) is 36.8 Å². The highest BCUT2D eigenvalue weighted by atomic mass is 35.5. The smallest absolute Gasteiger partial charge is 0.235 e. The van der Waals surface area contributed by atoms with E-state index in [1.807, 2.05) is 53.7 Å². The van der Waals surface area contributed by atoms with Crippen LogP contribution in [0.3, 0.4) is 0 Å². The van der Waals surface area contributed by atoms with Crippen LogP contribution in [0.1, 0.15) is 22.2 Å². The molecular weight excluding hydrogens is 358 g/mol. The molecule has 1 atom stereocenters. The van der Waals surface area contributed by atoms with Crippen LogP contribution < -0.4 is 5.32 Å². The van der Waals surface area contributed by atoms with Gasteiger partial charge in [0.15, 0.2) is 5.82 Å². The third-order valence-electron chi connectivity index (χ3n) is 4.35. The number of rotatable bonds is 2. The highest BCUT2D eigenvalue weighted by molar-refractivity contribution is 8.00. The topological polar surface area (TPSA) is 64.7 Å². The minimum absolute atomic E-state index is 0.0409. The molecule has 1 aliphatic heterocycles. The molecule has 3 aromatic rings. The van der Waals surface area contributed by atoms with Crippen molar-refractivity contribution in [1.29, 1.82) is 0 Å². The van der Waals surface area contributed by atoms with Gasteiger partial charge in [0.25, 0.3) is 0 Å². The number of aromatic nitrogens is 4. The zero-order chi connectivity index (χ0) is 17.6. The lowest BCUT2D eigenvalue weighted by atomic mass is 10.1. The Morgan fingerprint density at radius 3 is 2.76 bits per heavy atom. The van der Waals surface area contributed by atoms with E-state index in [9.17, 15) is 4.79 Å². The molecule has 3 heterocycles. The molecule has 1 aromatic carbocycles. The fourth-order valence-electron chi connectivity index (χ4n) is 2.93. The lowest BCUT2D eigenvalue weighted by molar-refractivity contribution is -0.113. The van der Waals surface area contributed by atoms with Crippen molar-refractivity contribution in [2.24, 2.45) is 7.05 Å². The number of carbonyl (C=O) groups is 1. The van der Waals surface area contributed by atoms with Gasteiger partial charge in [0.05, 0.1) is 22.9 Å². The highest BCUT2D eigenvalue weighted by Crippen LogP contribution is 2.42. The zero-order valence-corrected chi connectivity index (χ0v) is 15.3. The Balaban J connectivity index is 1.89. The number of aryl methyl sites for hydroxylation is 1. The van der Waals surface area contributed by atoms with Gasteiger partial charge >= 0.3 is 0 Å². The molecule has 1 amide bonds. The van der Waals surface area contributed by atoms with Gasteiger partial charge in [-0.3, -0.25) is 14.0 Å². The maximum atomic E-state index is 12.1. The number of halogens is 1. The van der Waals surface area contributed by atoms with Crippen molar-refractivity contribution < 1.29 is 4.79 Å². The average molecular weight is 374 g/mol. The largest absolute Gasteiger partial charge is 0.308 e. The van der Waals surface area contributed by atoms with Crippen molar-refractivity contribution in [1.82, 2.24) is 19.3 Å². The van der Waals surface area contributed by atoms with E-state index in [2.05, 4.69) is 15.4 Å². The van der Waals surface area contributed by atoms with Gasteiger partial charge in [0.1, 0.15) is 6.33 Å². The van der Waals surface area contributed by atoms with Crippen LogP contribution in [0.2, 0.25) is 5.02 Å². The van der Waals surface area contributed by atoms with E-state index in [0.29, 0.717) is 16.6 Å². The van der Waals surface area contributed by atoms with E-state index in [-0.39, 0.29) is 11.2 Å². The molecule has 0 saturated heterocycles. The monoisotopic (exact) mass is 373 g/mol. The summed E-state index contributed by atoms with van der Waals surface area (Å²) in [6, 6.07) is 7.57. The summed E-state index contributed by atoms with van der Waals surface area (Å²) < 4.78 is 3.85. The predicted octanol–water partition coefficient (Wildman–Crippen LogP) is 3.34. The number of amides is 1. The van der Waals surface area contributed by atoms with Crippen molar-refractivity contribution in [3.63, 3.8) is 0 Å². The molecule has 0 spiro atoms. The van der Waals surface area contributed by atoms with Crippen LogP contribution in [0, 0.1) is 6.92 Å². The van der Waals surface area contributed by atoms with Crippen LogP contribution in [0.4, 0.5) is 5.82 Å². The number of carbonyl (C=O) groups excluding carboxylic acids is 1. The molecule has 0 fully saturated rings. The summed E-state index contributed by atoms with van der Waals surface area (Å²) in [4.78, 5) is 16.5. The molecular formula is C17H16ClN5OS. The number of imidazole rings is 1. The molecule has 4 rings (SSSR count). The third-order valence-corrected chi connectivity index (χ3v) is 5.84. The fraction of sp³-hybridized carbons (Fsp3) is 0.235. The number of hydrogen-bond acceptors (Lipinski definition) is 4. The molecule has 8 heteroatoms. The predicted molar refractivity (Wildman–Crippen MR) is 99.4 cm³/mol. The normalized spacial score (nSPS) is 17.1. The summed E-state index contributed by atoms with van der Waals surface area (Å²) in [6.45, 7) is 2.03. The standard InChI is InChI=1S/C17H16ClN5OS/c1-10-13(7-20-22(10)2)16-15-17(21-14(24)8-25-16)19-9-23(15)12-5-3-11(18)4-6-12/h3-7,9,16H,8H2,1-2H3,(H,21,24)/t16-/m0/s1. The van der Waals surface area contributed by atoms with Gasteiger partial charge in [-0.15, -0.1) is 11.8 Å². The minimum atomic E-state index is -0.0448. The minimum Gasteiger partial charge on any atom is -0.308 e. The Morgan fingerprint density at radius 1 is 1.32 bits per heavy atom. The van der Waals surface area contributed by atoms with Crippen LogP contribution >= 0.6 is 23.4 Å². The van der Waals surface area contributed by atoms with Crippen LogP contribution in [0.25, 0.3) is 5.69 Å². The molecule has 0 unspecified atom stereocenters. The lowest BCUT2D eigenvalue weighted by Gasteiger charge is -2.17. The molecule has 6 nitrogen and oxygen atoms in total. The highest BCUT2D eigenvalue weighted by Gasteiger charge is 2.31. The Bertz CT molecular complexity index is 947. The maximum absolute atomic E-state index is 12.1. The van der Waals surface area contributed by atoms with E-state index in [1.165, 1.54) is 0 Å². The molecule has 0 saturated carbocycles. The fourth-order valence-corrected chi connectivity index (χ4v) is 4.24. The number of benzene rings is 1. The number of anilines is 1. The molecule has 2 aromatic heterocycles. The van der Waals surface area contributed by atoms with Gasteiger partial charge in [0, 0.05) is 29.0 Å². The molecule has 1 aliphatic rings. The first-order valence-electron chi connectivity index (χ1n) is 7.77. The quantitative estimate of drug-likeness (QED) is 0.748. The Hall–Kier alpha value is -2.25. The number of hydrogen-bond donors (Lipinski definition) is 1. The van der Waals surface area contributed by atoms with Gasteiger partial charge in [-0.1, -0.05) is 11.6 Å². The first-order chi connectivity index (χ1) is 12.0. The second-order valence-corrected chi connectivity index (χ2v) is 7.40. The third kappa shape index (κ3) is 2.83. The zero-order valence-electron chi connectivity index (χ0n) is 13.7. The lowest BCUT2D eigenvalue weighted by Crippen LogP contribution is -2.12. The second-order valence-electron chi connectivity index (χ2n) is 5.87. The second kappa shape index (κ2) is 6.24. The first-order valence-corrected chi connectivity index (χ1v) is 9.20. The number of fused-ring (bicyclic) bond motifs is 1. The van der Waals surface area contributed by atoms with Crippen LogP contribution in [-0.2, 0) is 11.8 Å². The number of nitrogens with one attached hydrogen (secondary N) is 1. The summed E-state index contributed by atoms with van der Waals surface area (Å²) in [5.41, 5.74) is 4.04. The van der Waals surface area contributed by atoms with Gasteiger partial charge in [-0.25, -0.2) is 4.98 Å². The maximum Gasteiger partial charge on any atom is 0.235 e. The summed E-state index contributed by atoms with van der Waals surface area (Å²) in [5, 5.41) is 7.91. The summed E-state index contributed by atoms with van der Waals surface area (Å²) in [6.07, 6.45) is 3.60. The van der Waals surface area contributed by atoms with Crippen LogP contribution in [0.5, 0.6) is 0 Å².